The standard InChI is InChI=1S/C25H28N2O5S/c1-16(2)19-6-8-20(9-7-19)26-23(28)15-27-18(4)14-17(3)24(25(27)29)33(30,31)22-12-10-21(32-5)11-13-22/h6-14,16H,15H2,1-5H3,(H,26,28). The predicted molar refractivity (Wildman–Crippen MR) is 128 cm³/mol. The number of amides is 1. The molecule has 0 saturated carbocycles. The van der Waals surface area contributed by atoms with Crippen LogP contribution in [0.4, 0.5) is 5.69 Å². The molecule has 0 aliphatic rings. The number of rotatable bonds is 7. The molecule has 0 saturated heterocycles. The number of carbonyl (C=O) groups excluding carboxylic acids is 1. The summed E-state index contributed by atoms with van der Waals surface area (Å²) in [6, 6.07) is 14.9. The minimum absolute atomic E-state index is 0.0198. The molecule has 0 fully saturated rings. The molecule has 1 heterocycles. The second-order valence-electron chi connectivity index (χ2n) is 8.19. The number of aryl methyl sites for hydroxylation is 2. The van der Waals surface area contributed by atoms with E-state index in [1.165, 1.54) is 35.9 Å². The van der Waals surface area contributed by atoms with Gasteiger partial charge in [-0.15, -0.1) is 0 Å². The van der Waals surface area contributed by atoms with Gasteiger partial charge >= 0.3 is 0 Å². The fourth-order valence-corrected chi connectivity index (χ4v) is 5.15. The largest absolute Gasteiger partial charge is 0.497 e. The minimum atomic E-state index is -4.09. The molecule has 0 atom stereocenters. The Labute approximate surface area is 194 Å². The van der Waals surface area contributed by atoms with E-state index in [4.69, 9.17) is 4.74 Å². The number of anilines is 1. The molecule has 2 aromatic carbocycles. The van der Waals surface area contributed by atoms with Crippen molar-refractivity contribution in [3.8, 4) is 5.75 Å². The van der Waals surface area contributed by atoms with Crippen molar-refractivity contribution >= 4 is 21.4 Å². The van der Waals surface area contributed by atoms with E-state index in [0.29, 0.717) is 28.6 Å². The number of ether oxygens (including phenoxy) is 1. The van der Waals surface area contributed by atoms with Crippen LogP contribution in [0.25, 0.3) is 0 Å². The number of benzene rings is 2. The van der Waals surface area contributed by atoms with Gasteiger partial charge in [-0.05, 0) is 73.4 Å². The molecule has 174 valence electrons. The molecule has 0 unspecified atom stereocenters. The highest BCUT2D eigenvalue weighted by Gasteiger charge is 2.26. The average Bonchev–Trinajstić information content (AvgIpc) is 2.76. The van der Waals surface area contributed by atoms with E-state index in [-0.39, 0.29) is 16.3 Å². The third-order valence-corrected chi connectivity index (χ3v) is 7.38. The number of aromatic nitrogens is 1. The number of nitrogens with zero attached hydrogens (tertiary/aromatic N) is 1. The van der Waals surface area contributed by atoms with Crippen LogP contribution in [0.2, 0.25) is 0 Å². The highest BCUT2D eigenvalue weighted by Crippen LogP contribution is 2.24. The van der Waals surface area contributed by atoms with Gasteiger partial charge in [0.2, 0.25) is 15.7 Å². The predicted octanol–water partition coefficient (Wildman–Crippen LogP) is 4.07. The van der Waals surface area contributed by atoms with Gasteiger partial charge in [0.15, 0.2) is 0 Å². The van der Waals surface area contributed by atoms with Gasteiger partial charge in [-0.2, -0.15) is 0 Å². The molecule has 1 amide bonds. The van der Waals surface area contributed by atoms with E-state index in [1.807, 2.05) is 12.1 Å². The van der Waals surface area contributed by atoms with Crippen molar-refractivity contribution in [1.29, 1.82) is 0 Å². The second kappa shape index (κ2) is 9.62. The Morgan fingerprint density at radius 2 is 1.64 bits per heavy atom. The van der Waals surface area contributed by atoms with Gasteiger partial charge < -0.3 is 14.6 Å². The van der Waals surface area contributed by atoms with E-state index in [2.05, 4.69) is 19.2 Å². The van der Waals surface area contributed by atoms with Gasteiger partial charge in [-0.1, -0.05) is 26.0 Å². The zero-order chi connectivity index (χ0) is 24.3. The Morgan fingerprint density at radius 1 is 1.03 bits per heavy atom. The quantitative estimate of drug-likeness (QED) is 0.564. The summed E-state index contributed by atoms with van der Waals surface area (Å²) in [7, 11) is -2.61. The molecule has 3 rings (SSSR count). The first-order valence-corrected chi connectivity index (χ1v) is 12.0. The molecule has 0 aliphatic heterocycles. The van der Waals surface area contributed by atoms with Crippen LogP contribution >= 0.6 is 0 Å². The molecule has 3 aromatic rings. The lowest BCUT2D eigenvalue weighted by Crippen LogP contribution is -2.33. The number of pyridine rings is 1. The van der Waals surface area contributed by atoms with Crippen LogP contribution in [-0.2, 0) is 21.2 Å². The number of sulfone groups is 1. The highest BCUT2D eigenvalue weighted by atomic mass is 32.2. The maximum absolute atomic E-state index is 13.2. The molecule has 0 bridgehead atoms. The summed E-state index contributed by atoms with van der Waals surface area (Å²) < 4.78 is 32.8. The van der Waals surface area contributed by atoms with Crippen LogP contribution in [0.1, 0.15) is 36.6 Å². The van der Waals surface area contributed by atoms with Gasteiger partial charge in [-0.3, -0.25) is 9.59 Å². The lowest BCUT2D eigenvalue weighted by atomic mass is 10.0. The van der Waals surface area contributed by atoms with Crippen molar-refractivity contribution in [3.05, 3.63) is 81.8 Å². The molecule has 8 heteroatoms. The maximum atomic E-state index is 13.2. The summed E-state index contributed by atoms with van der Waals surface area (Å²) in [5.74, 6) is 0.453. The van der Waals surface area contributed by atoms with Gasteiger partial charge in [0.25, 0.3) is 5.56 Å². The molecule has 1 aromatic heterocycles. The van der Waals surface area contributed by atoms with Crippen molar-refractivity contribution < 1.29 is 17.9 Å². The zero-order valence-electron chi connectivity index (χ0n) is 19.4. The first kappa shape index (κ1) is 24.3. The number of methoxy groups -OCH3 is 1. The van der Waals surface area contributed by atoms with Crippen LogP contribution in [0.3, 0.4) is 0 Å². The summed E-state index contributed by atoms with van der Waals surface area (Å²) in [4.78, 5) is 25.5. The topological polar surface area (TPSA) is 94.5 Å². The summed E-state index contributed by atoms with van der Waals surface area (Å²) in [5.41, 5.74) is 1.85. The van der Waals surface area contributed by atoms with E-state index in [0.717, 1.165) is 5.56 Å². The van der Waals surface area contributed by atoms with Crippen molar-refractivity contribution in [1.82, 2.24) is 4.57 Å². The Balaban J connectivity index is 1.93. The molecular formula is C25H28N2O5S. The average molecular weight is 469 g/mol. The monoisotopic (exact) mass is 468 g/mol. The highest BCUT2D eigenvalue weighted by molar-refractivity contribution is 7.91. The smallest absolute Gasteiger partial charge is 0.270 e. The lowest BCUT2D eigenvalue weighted by molar-refractivity contribution is -0.116. The fraction of sp³-hybridized carbons (Fsp3) is 0.280. The SMILES string of the molecule is COc1ccc(S(=O)(=O)c2c(C)cc(C)n(CC(=O)Nc3ccc(C(C)C)cc3)c2=O)cc1. The van der Waals surface area contributed by atoms with Crippen molar-refractivity contribution in [2.24, 2.45) is 0 Å². The van der Waals surface area contributed by atoms with Crippen LogP contribution in [0.5, 0.6) is 5.75 Å². The maximum Gasteiger partial charge on any atom is 0.270 e. The summed E-state index contributed by atoms with van der Waals surface area (Å²) in [5, 5.41) is 2.77. The van der Waals surface area contributed by atoms with Gasteiger partial charge in [0, 0.05) is 11.4 Å². The normalized spacial score (nSPS) is 11.5. The van der Waals surface area contributed by atoms with Crippen LogP contribution < -0.4 is 15.6 Å². The summed E-state index contributed by atoms with van der Waals surface area (Å²) >= 11 is 0. The lowest BCUT2D eigenvalue weighted by Gasteiger charge is -2.15. The Hall–Kier alpha value is -3.39. The molecule has 1 N–H and O–H groups in total. The van der Waals surface area contributed by atoms with Gasteiger partial charge in [0.05, 0.1) is 12.0 Å². The van der Waals surface area contributed by atoms with E-state index < -0.39 is 21.3 Å². The van der Waals surface area contributed by atoms with Gasteiger partial charge in [0.1, 0.15) is 17.2 Å². The second-order valence-corrected chi connectivity index (χ2v) is 10.1. The van der Waals surface area contributed by atoms with Gasteiger partial charge in [-0.25, -0.2) is 8.42 Å². The number of nitrogens with one attached hydrogen (secondary N) is 1. The molecule has 33 heavy (non-hydrogen) atoms. The Morgan fingerprint density at radius 3 is 2.18 bits per heavy atom. The number of hydrogen-bond donors (Lipinski definition) is 1. The molecule has 0 radical (unpaired) electrons. The summed E-state index contributed by atoms with van der Waals surface area (Å²) in [6.45, 7) is 7.10. The van der Waals surface area contributed by atoms with Crippen molar-refractivity contribution in [2.75, 3.05) is 12.4 Å². The first-order valence-electron chi connectivity index (χ1n) is 10.5. The minimum Gasteiger partial charge on any atom is -0.497 e. The molecule has 0 spiro atoms. The zero-order valence-corrected chi connectivity index (χ0v) is 20.2. The van der Waals surface area contributed by atoms with E-state index in [9.17, 15) is 18.0 Å². The van der Waals surface area contributed by atoms with Crippen molar-refractivity contribution in [3.63, 3.8) is 0 Å². The van der Waals surface area contributed by atoms with Crippen LogP contribution in [-0.4, -0.2) is 26.0 Å². The fourth-order valence-electron chi connectivity index (χ4n) is 3.60. The molecular weight excluding hydrogens is 440 g/mol. The molecule has 0 aliphatic carbocycles. The van der Waals surface area contributed by atoms with Crippen molar-refractivity contribution in [2.45, 2.75) is 49.9 Å². The third-order valence-electron chi connectivity index (χ3n) is 5.45. The number of carbonyl (C=O) groups is 1. The number of hydrogen-bond acceptors (Lipinski definition) is 5. The molecule has 7 nitrogen and oxygen atoms in total. The summed E-state index contributed by atoms with van der Waals surface area (Å²) in [6.07, 6.45) is 0. The van der Waals surface area contributed by atoms with E-state index in [1.54, 1.807) is 32.0 Å². The Kier molecular flexibility index (Phi) is 7.07. The van der Waals surface area contributed by atoms with Crippen LogP contribution in [0, 0.1) is 13.8 Å². The first-order chi connectivity index (χ1) is 15.5. The van der Waals surface area contributed by atoms with Crippen LogP contribution in [0.15, 0.2) is 69.2 Å². The van der Waals surface area contributed by atoms with E-state index >= 15 is 0 Å². The third kappa shape index (κ3) is 5.17. The Bertz CT molecular complexity index is 1320.